The van der Waals surface area contributed by atoms with Gasteiger partial charge in [-0.05, 0) is 30.5 Å². The minimum Gasteiger partial charge on any atom is -0.508 e. The second-order valence-corrected chi connectivity index (χ2v) is 5.32. The van der Waals surface area contributed by atoms with E-state index >= 15 is 0 Å². The highest BCUT2D eigenvalue weighted by atomic mass is 16.3. The Morgan fingerprint density at radius 3 is 3.10 bits per heavy atom. The SMILES string of the molecule is O=C1CCCC2=C1[C@@H](c1cccc(O)c1)n1ncnc1N2. The van der Waals surface area contributed by atoms with Crippen molar-refractivity contribution in [2.24, 2.45) is 0 Å². The van der Waals surface area contributed by atoms with Gasteiger partial charge in [-0.3, -0.25) is 4.79 Å². The van der Waals surface area contributed by atoms with Gasteiger partial charge >= 0.3 is 0 Å². The zero-order valence-corrected chi connectivity index (χ0v) is 11.3. The number of phenols is 1. The fourth-order valence-corrected chi connectivity index (χ4v) is 3.10. The molecule has 0 spiro atoms. The van der Waals surface area contributed by atoms with E-state index in [0.717, 1.165) is 29.7 Å². The van der Waals surface area contributed by atoms with Gasteiger partial charge in [0.05, 0.1) is 0 Å². The van der Waals surface area contributed by atoms with Gasteiger partial charge in [0.15, 0.2) is 5.78 Å². The Morgan fingerprint density at radius 1 is 1.33 bits per heavy atom. The molecule has 6 heteroatoms. The molecule has 0 amide bonds. The number of phenolic OH excluding ortho intramolecular Hbond substituents is 1. The summed E-state index contributed by atoms with van der Waals surface area (Å²) in [5, 5.41) is 17.2. The zero-order chi connectivity index (χ0) is 14.4. The molecule has 2 aromatic rings. The number of aromatic nitrogens is 3. The summed E-state index contributed by atoms with van der Waals surface area (Å²) < 4.78 is 1.71. The molecule has 1 aromatic heterocycles. The second-order valence-electron chi connectivity index (χ2n) is 5.32. The van der Waals surface area contributed by atoms with Gasteiger partial charge in [0.25, 0.3) is 0 Å². The number of rotatable bonds is 1. The molecule has 1 aliphatic carbocycles. The van der Waals surface area contributed by atoms with E-state index in [4.69, 9.17) is 0 Å². The number of fused-ring (bicyclic) bond motifs is 1. The number of ketones is 1. The van der Waals surface area contributed by atoms with Crippen molar-refractivity contribution < 1.29 is 9.90 Å². The zero-order valence-electron chi connectivity index (χ0n) is 11.3. The van der Waals surface area contributed by atoms with E-state index in [1.165, 1.54) is 6.33 Å². The van der Waals surface area contributed by atoms with Gasteiger partial charge in [-0.1, -0.05) is 12.1 Å². The molecule has 106 valence electrons. The van der Waals surface area contributed by atoms with Crippen LogP contribution in [0.25, 0.3) is 0 Å². The molecular formula is C15H14N4O2. The lowest BCUT2D eigenvalue weighted by atomic mass is 9.85. The number of benzene rings is 1. The number of nitrogens with zero attached hydrogens (tertiary/aromatic N) is 3. The van der Waals surface area contributed by atoms with E-state index in [9.17, 15) is 9.90 Å². The van der Waals surface area contributed by atoms with Crippen molar-refractivity contribution in [2.45, 2.75) is 25.3 Å². The highest BCUT2D eigenvalue weighted by molar-refractivity contribution is 5.99. The maximum Gasteiger partial charge on any atom is 0.226 e. The Kier molecular flexibility index (Phi) is 2.57. The van der Waals surface area contributed by atoms with Crippen LogP contribution in [0.5, 0.6) is 5.75 Å². The van der Waals surface area contributed by atoms with Crippen molar-refractivity contribution in [2.75, 3.05) is 5.32 Å². The van der Waals surface area contributed by atoms with Gasteiger partial charge < -0.3 is 10.4 Å². The standard InChI is InChI=1S/C15H14N4O2/c20-10-4-1-3-9(7-10)14-13-11(5-2-6-12(13)21)18-15-16-8-17-19(14)15/h1,3-4,7-8,14,20H,2,5-6H2,(H,16,17,18)/t14-/m1/s1. The van der Waals surface area contributed by atoms with E-state index in [0.29, 0.717) is 12.4 Å². The number of carbonyl (C=O) groups excluding carboxylic acids is 1. The maximum atomic E-state index is 12.4. The molecule has 0 saturated heterocycles. The van der Waals surface area contributed by atoms with Crippen molar-refractivity contribution in [1.82, 2.24) is 14.8 Å². The number of nitrogens with one attached hydrogen (secondary N) is 1. The van der Waals surface area contributed by atoms with Crippen LogP contribution < -0.4 is 5.32 Å². The molecule has 0 radical (unpaired) electrons. The molecule has 4 rings (SSSR count). The largest absolute Gasteiger partial charge is 0.508 e. The lowest BCUT2D eigenvalue weighted by Gasteiger charge is -2.32. The highest BCUT2D eigenvalue weighted by Crippen LogP contribution is 2.39. The molecule has 21 heavy (non-hydrogen) atoms. The number of Topliss-reactive ketones (excluding diaryl/α,β-unsaturated/α-hetero) is 1. The van der Waals surface area contributed by atoms with E-state index in [1.54, 1.807) is 22.9 Å². The van der Waals surface area contributed by atoms with Crippen molar-refractivity contribution in [1.29, 1.82) is 0 Å². The first-order chi connectivity index (χ1) is 10.2. The van der Waals surface area contributed by atoms with E-state index in [1.807, 2.05) is 6.07 Å². The van der Waals surface area contributed by atoms with Crippen molar-refractivity contribution in [3.63, 3.8) is 0 Å². The van der Waals surface area contributed by atoms with Gasteiger partial charge in [0.2, 0.25) is 5.95 Å². The van der Waals surface area contributed by atoms with E-state index in [-0.39, 0.29) is 17.6 Å². The molecule has 6 nitrogen and oxygen atoms in total. The number of hydrogen-bond donors (Lipinski definition) is 2. The molecule has 1 aromatic carbocycles. The summed E-state index contributed by atoms with van der Waals surface area (Å²) in [6.45, 7) is 0. The molecule has 0 bridgehead atoms. The van der Waals surface area contributed by atoms with Crippen LogP contribution in [0.15, 0.2) is 41.9 Å². The van der Waals surface area contributed by atoms with Crippen LogP contribution in [0.4, 0.5) is 5.95 Å². The first kappa shape index (κ1) is 12.1. The van der Waals surface area contributed by atoms with Crippen LogP contribution in [0.1, 0.15) is 30.9 Å². The molecule has 1 atom stereocenters. The average Bonchev–Trinajstić information content (AvgIpc) is 2.93. The molecule has 0 saturated carbocycles. The fraction of sp³-hybridized carbons (Fsp3) is 0.267. The Hall–Kier alpha value is -2.63. The smallest absolute Gasteiger partial charge is 0.226 e. The van der Waals surface area contributed by atoms with E-state index < -0.39 is 0 Å². The summed E-state index contributed by atoms with van der Waals surface area (Å²) >= 11 is 0. The summed E-state index contributed by atoms with van der Waals surface area (Å²) in [5.74, 6) is 0.952. The van der Waals surface area contributed by atoms with Crippen LogP contribution in [-0.2, 0) is 4.79 Å². The summed E-state index contributed by atoms with van der Waals surface area (Å²) in [5.41, 5.74) is 2.51. The second kappa shape index (κ2) is 4.44. The predicted octanol–water partition coefficient (Wildman–Crippen LogP) is 2.01. The number of hydrogen-bond acceptors (Lipinski definition) is 5. The first-order valence-corrected chi connectivity index (χ1v) is 6.96. The predicted molar refractivity (Wildman–Crippen MR) is 75.8 cm³/mol. The molecule has 0 unspecified atom stereocenters. The lowest BCUT2D eigenvalue weighted by molar-refractivity contribution is -0.116. The van der Waals surface area contributed by atoms with Gasteiger partial charge in [0.1, 0.15) is 18.1 Å². The highest BCUT2D eigenvalue weighted by Gasteiger charge is 2.35. The molecular weight excluding hydrogens is 268 g/mol. The van der Waals surface area contributed by atoms with E-state index in [2.05, 4.69) is 15.4 Å². The van der Waals surface area contributed by atoms with Gasteiger partial charge in [-0.2, -0.15) is 10.1 Å². The Labute approximate surface area is 121 Å². The quantitative estimate of drug-likeness (QED) is 0.836. The van der Waals surface area contributed by atoms with Crippen LogP contribution in [0, 0.1) is 0 Å². The van der Waals surface area contributed by atoms with Gasteiger partial charge in [-0.15, -0.1) is 0 Å². The topological polar surface area (TPSA) is 80.0 Å². The third-order valence-electron chi connectivity index (χ3n) is 4.00. The number of aromatic hydroxyl groups is 1. The minimum atomic E-state index is -0.321. The van der Waals surface area contributed by atoms with Crippen molar-refractivity contribution in [3.8, 4) is 5.75 Å². The molecule has 2 aliphatic rings. The third kappa shape index (κ3) is 1.83. The van der Waals surface area contributed by atoms with Crippen LogP contribution in [0.2, 0.25) is 0 Å². The Balaban J connectivity index is 1.93. The number of carbonyl (C=O) groups is 1. The van der Waals surface area contributed by atoms with Crippen LogP contribution in [0.3, 0.4) is 0 Å². The average molecular weight is 282 g/mol. The summed E-state index contributed by atoms with van der Waals surface area (Å²) in [6.07, 6.45) is 3.72. The summed E-state index contributed by atoms with van der Waals surface area (Å²) in [4.78, 5) is 16.6. The molecule has 0 fully saturated rings. The summed E-state index contributed by atoms with van der Waals surface area (Å²) in [7, 11) is 0. The first-order valence-electron chi connectivity index (χ1n) is 6.96. The molecule has 2 heterocycles. The molecule has 2 N–H and O–H groups in total. The van der Waals surface area contributed by atoms with Crippen molar-refractivity contribution >= 4 is 11.7 Å². The summed E-state index contributed by atoms with van der Waals surface area (Å²) in [6, 6.07) is 6.64. The van der Waals surface area contributed by atoms with Crippen LogP contribution >= 0.6 is 0 Å². The Bertz CT molecular complexity index is 763. The number of anilines is 1. The van der Waals surface area contributed by atoms with Crippen LogP contribution in [-0.4, -0.2) is 25.7 Å². The normalized spacial score (nSPS) is 20.8. The van der Waals surface area contributed by atoms with Gasteiger partial charge in [0, 0.05) is 17.7 Å². The third-order valence-corrected chi connectivity index (χ3v) is 4.00. The Morgan fingerprint density at radius 2 is 2.24 bits per heavy atom. The number of allylic oxidation sites excluding steroid dienone is 2. The lowest BCUT2D eigenvalue weighted by Crippen LogP contribution is -2.31. The fourth-order valence-electron chi connectivity index (χ4n) is 3.10. The van der Waals surface area contributed by atoms with Crippen molar-refractivity contribution in [3.05, 3.63) is 47.4 Å². The van der Waals surface area contributed by atoms with Gasteiger partial charge in [-0.25, -0.2) is 4.68 Å². The monoisotopic (exact) mass is 282 g/mol. The minimum absolute atomic E-state index is 0.137. The molecule has 1 aliphatic heterocycles. The maximum absolute atomic E-state index is 12.4.